The van der Waals surface area contributed by atoms with Crippen LogP contribution >= 0.6 is 0 Å². The summed E-state index contributed by atoms with van der Waals surface area (Å²) in [4.78, 5) is 43.1. The van der Waals surface area contributed by atoms with Crippen molar-refractivity contribution in [2.75, 3.05) is 39.9 Å². The average molecular weight is 530 g/mol. The van der Waals surface area contributed by atoms with Crippen LogP contribution in [0.3, 0.4) is 0 Å². The number of nitrogens with zero attached hydrogens (tertiary/aromatic N) is 5. The van der Waals surface area contributed by atoms with Crippen molar-refractivity contribution in [1.29, 1.82) is 0 Å². The molecule has 2 amide bonds. The van der Waals surface area contributed by atoms with Crippen LogP contribution in [-0.2, 0) is 6.42 Å². The topological polar surface area (TPSA) is 97.8 Å². The lowest BCUT2D eigenvalue weighted by atomic mass is 9.73. The summed E-state index contributed by atoms with van der Waals surface area (Å²) in [5.74, 6) is 1.21. The fourth-order valence-corrected chi connectivity index (χ4v) is 5.64. The second kappa shape index (κ2) is 12.2. The number of carbonyl (C=O) groups excluding carboxylic acids is 2. The number of piperidine rings is 1. The second-order valence-electron chi connectivity index (χ2n) is 10.4. The van der Waals surface area contributed by atoms with Crippen molar-refractivity contribution in [3.8, 4) is 11.6 Å². The molecule has 204 valence electrons. The van der Waals surface area contributed by atoms with Gasteiger partial charge in [0.15, 0.2) is 0 Å². The van der Waals surface area contributed by atoms with Crippen molar-refractivity contribution in [3.63, 3.8) is 0 Å². The maximum atomic E-state index is 13.6. The first kappa shape index (κ1) is 26.6. The summed E-state index contributed by atoms with van der Waals surface area (Å²) in [5, 5.41) is 0. The molecule has 1 saturated heterocycles. The van der Waals surface area contributed by atoms with E-state index in [9.17, 15) is 9.59 Å². The first-order valence-corrected chi connectivity index (χ1v) is 13.6. The van der Waals surface area contributed by atoms with Crippen LogP contribution in [0.25, 0.3) is 0 Å². The highest BCUT2D eigenvalue weighted by molar-refractivity contribution is 5.94. The number of aryl methyl sites for hydroxylation is 1. The van der Waals surface area contributed by atoms with E-state index in [-0.39, 0.29) is 17.2 Å². The Hall–Kier alpha value is -4.01. The van der Waals surface area contributed by atoms with Gasteiger partial charge in [-0.3, -0.25) is 14.6 Å². The van der Waals surface area contributed by atoms with E-state index in [2.05, 4.69) is 21.0 Å². The van der Waals surface area contributed by atoms with Crippen LogP contribution in [-0.4, -0.2) is 76.5 Å². The minimum atomic E-state index is -0.140. The van der Waals surface area contributed by atoms with Gasteiger partial charge in [-0.25, -0.2) is 9.97 Å². The van der Waals surface area contributed by atoms with Crippen molar-refractivity contribution in [2.45, 2.75) is 38.5 Å². The van der Waals surface area contributed by atoms with Gasteiger partial charge in [-0.05, 0) is 55.2 Å². The van der Waals surface area contributed by atoms with E-state index in [1.54, 1.807) is 37.8 Å². The van der Waals surface area contributed by atoms with Crippen LogP contribution in [0.5, 0.6) is 11.6 Å². The molecule has 0 radical (unpaired) electrons. The molecule has 9 nitrogen and oxygen atoms in total. The summed E-state index contributed by atoms with van der Waals surface area (Å²) in [7, 11) is 1.56. The zero-order valence-corrected chi connectivity index (χ0v) is 22.4. The van der Waals surface area contributed by atoms with Crippen molar-refractivity contribution >= 4 is 11.8 Å². The Morgan fingerprint density at radius 3 is 2.49 bits per heavy atom. The molecule has 0 N–H and O–H groups in total. The average Bonchev–Trinajstić information content (AvgIpc) is 2.99. The molecule has 0 saturated carbocycles. The maximum Gasteiger partial charge on any atom is 0.274 e. The van der Waals surface area contributed by atoms with E-state index in [0.29, 0.717) is 49.9 Å². The van der Waals surface area contributed by atoms with Crippen LogP contribution in [0.4, 0.5) is 0 Å². The maximum absolute atomic E-state index is 13.6. The van der Waals surface area contributed by atoms with Gasteiger partial charge in [-0.1, -0.05) is 24.6 Å². The highest BCUT2D eigenvalue weighted by Crippen LogP contribution is 2.39. The Morgan fingerprint density at radius 2 is 1.74 bits per heavy atom. The Balaban J connectivity index is 1.34. The summed E-state index contributed by atoms with van der Waals surface area (Å²) < 4.78 is 11.3. The summed E-state index contributed by atoms with van der Waals surface area (Å²) >= 11 is 0. The van der Waals surface area contributed by atoms with Gasteiger partial charge < -0.3 is 19.3 Å². The molecule has 0 bridgehead atoms. The summed E-state index contributed by atoms with van der Waals surface area (Å²) in [6, 6.07) is 11.6. The molecule has 2 aromatic heterocycles. The molecular weight excluding hydrogens is 494 g/mol. The number of ether oxygens (including phenoxy) is 2. The molecule has 1 fully saturated rings. The molecule has 0 atom stereocenters. The minimum absolute atomic E-state index is 0.0225. The van der Waals surface area contributed by atoms with E-state index < -0.39 is 0 Å². The largest absolute Gasteiger partial charge is 0.491 e. The van der Waals surface area contributed by atoms with Crippen molar-refractivity contribution in [2.24, 2.45) is 5.41 Å². The van der Waals surface area contributed by atoms with Crippen molar-refractivity contribution in [3.05, 3.63) is 78.0 Å². The van der Waals surface area contributed by atoms with Crippen molar-refractivity contribution < 1.29 is 19.1 Å². The normalized spacial score (nSPS) is 17.8. The lowest BCUT2D eigenvalue weighted by molar-refractivity contribution is 0.0325. The molecule has 2 aliphatic rings. The predicted octanol–water partition coefficient (Wildman–Crippen LogP) is 4.05. The zero-order chi connectivity index (χ0) is 27.1. The van der Waals surface area contributed by atoms with Gasteiger partial charge in [0.25, 0.3) is 11.8 Å². The van der Waals surface area contributed by atoms with Crippen molar-refractivity contribution in [1.82, 2.24) is 24.8 Å². The smallest absolute Gasteiger partial charge is 0.274 e. The Labute approximate surface area is 229 Å². The molecule has 0 aliphatic carbocycles. The van der Waals surface area contributed by atoms with Gasteiger partial charge >= 0.3 is 0 Å². The van der Waals surface area contributed by atoms with E-state index >= 15 is 0 Å². The number of para-hydroxylation sites is 1. The van der Waals surface area contributed by atoms with E-state index in [1.807, 2.05) is 28.0 Å². The first-order chi connectivity index (χ1) is 19.1. The number of pyridine rings is 1. The van der Waals surface area contributed by atoms with Gasteiger partial charge in [0.2, 0.25) is 5.88 Å². The summed E-state index contributed by atoms with van der Waals surface area (Å²) in [6.07, 6.45) is 11.9. The summed E-state index contributed by atoms with van der Waals surface area (Å²) in [6.45, 7) is 2.72. The third-order valence-electron chi connectivity index (χ3n) is 7.89. The number of hydrogen-bond acceptors (Lipinski definition) is 7. The van der Waals surface area contributed by atoms with Crippen LogP contribution in [0.15, 0.2) is 61.2 Å². The number of rotatable bonds is 3. The number of amides is 2. The number of carbonyl (C=O) groups is 2. The number of hydrogen-bond donors (Lipinski definition) is 0. The van der Waals surface area contributed by atoms with Gasteiger partial charge in [0, 0.05) is 44.3 Å². The quantitative estimate of drug-likeness (QED) is 0.505. The first-order valence-electron chi connectivity index (χ1n) is 13.6. The third-order valence-corrected chi connectivity index (χ3v) is 7.89. The molecular formula is C30H35N5O4. The van der Waals surface area contributed by atoms with Gasteiger partial charge in [-0.2, -0.15) is 0 Å². The molecule has 0 unspecified atom stereocenters. The van der Waals surface area contributed by atoms with E-state index in [4.69, 9.17) is 9.47 Å². The monoisotopic (exact) mass is 529 g/mol. The lowest BCUT2D eigenvalue weighted by Gasteiger charge is -2.45. The lowest BCUT2D eigenvalue weighted by Crippen LogP contribution is -2.50. The zero-order valence-electron chi connectivity index (χ0n) is 22.4. The molecule has 9 heteroatoms. The Morgan fingerprint density at radius 1 is 0.897 bits per heavy atom. The highest BCUT2D eigenvalue weighted by Gasteiger charge is 2.38. The highest BCUT2D eigenvalue weighted by atomic mass is 16.5. The fraction of sp³-hybridized carbons (Fsp3) is 0.433. The van der Waals surface area contributed by atoms with Crippen LogP contribution in [0.2, 0.25) is 0 Å². The fourth-order valence-electron chi connectivity index (χ4n) is 5.64. The van der Waals surface area contributed by atoms with E-state index in [0.717, 1.165) is 44.3 Å². The van der Waals surface area contributed by atoms with Gasteiger partial charge in [0.1, 0.15) is 18.1 Å². The molecule has 1 spiro atoms. The third kappa shape index (κ3) is 6.35. The summed E-state index contributed by atoms with van der Waals surface area (Å²) in [5.41, 5.74) is 2.00. The molecule has 4 heterocycles. The molecule has 2 aliphatic heterocycles. The minimum Gasteiger partial charge on any atom is -0.491 e. The van der Waals surface area contributed by atoms with E-state index in [1.165, 1.54) is 11.8 Å². The molecule has 5 rings (SSSR count). The van der Waals surface area contributed by atoms with Gasteiger partial charge in [-0.15, -0.1) is 0 Å². The Bertz CT molecular complexity index is 1260. The molecule has 3 aromatic rings. The predicted molar refractivity (Wildman–Crippen MR) is 146 cm³/mol. The second-order valence-corrected chi connectivity index (χ2v) is 10.4. The van der Waals surface area contributed by atoms with Crippen LogP contribution in [0, 0.1) is 5.41 Å². The number of fused-ring (bicyclic) bond motifs is 1. The number of methoxy groups -OCH3 is 1. The molecule has 1 aromatic carbocycles. The van der Waals surface area contributed by atoms with Crippen LogP contribution in [0.1, 0.15) is 58.5 Å². The van der Waals surface area contributed by atoms with Gasteiger partial charge in [0.05, 0.1) is 25.4 Å². The number of likely N-dealkylation sites (tertiary alicyclic amines) is 1. The number of aromatic nitrogens is 3. The van der Waals surface area contributed by atoms with Crippen LogP contribution < -0.4 is 9.47 Å². The SMILES string of the molecule is COc1ccc(C(=O)N2CCC3(CCCCc4ccccc4OCCN(C(=O)c4cnccn4)C3)CC2)cn1. The molecule has 39 heavy (non-hydrogen) atoms. The number of benzene rings is 1. The Kier molecular flexibility index (Phi) is 8.34. The standard InChI is InChI=1S/C30H35N5O4/c1-38-27-10-9-24(20-33-27)28(36)34-16-12-30(13-17-34)11-5-4-7-23-6-2-3-8-26(23)39-19-18-35(22-30)29(37)25-21-31-14-15-32-25/h2-3,6,8-10,14-15,20-21H,4-5,7,11-13,16-19,22H2,1H3.